The van der Waals surface area contributed by atoms with E-state index in [1.807, 2.05) is 35.8 Å². The van der Waals surface area contributed by atoms with Gasteiger partial charge >= 0.3 is 0 Å². The Labute approximate surface area is 566 Å². The van der Waals surface area contributed by atoms with Crippen LogP contribution in [0.2, 0.25) is 0 Å². The summed E-state index contributed by atoms with van der Waals surface area (Å²) in [5.41, 5.74) is 8.36. The number of para-hydroxylation sites is 2. The molecule has 3 saturated carbocycles. The van der Waals surface area contributed by atoms with E-state index in [1.165, 1.54) is 37.3 Å². The molecular formula is C70H83F3N18O6S. The Bertz CT molecular complexity index is 4500. The number of aryl methyl sites for hydroxylation is 3. The largest absolute Gasteiger partial charge is 0.393 e. The number of hydrogen-bond acceptors (Lipinski definition) is 21. The molecule has 0 unspecified atom stereocenters. The highest BCUT2D eigenvalue weighted by molar-refractivity contribution is 7.90. The van der Waals surface area contributed by atoms with E-state index in [1.54, 1.807) is 55.8 Å². The standard InChI is InChI=1S/C24H26N6O2S.C23H28F2N6O2.C23H29FN6O2/c1-16-7-3-6-10-20(16)27-24-28-21-15-25-23(29-22(21)30(24)18-8-4-5-9-18)26-17-11-13-19(14-12-17)33(2,31)32;1-13-10-17(24)20(18(25)11-13)29-23-28-19-12-26-22(27-14-6-8-33-9-7-14)30-21(19)31(23)15-2-4-16(32)5-3-15;1-14-3-2-4-18(24)20(14)28-23-27-19-13-25-22(26-15-9-11-32-12-10-15)29-21(19)30(23)16-5-7-17(31)8-6-16/h3,6-7,10-15,18H,4-5,8-9H2,1-2H3,(H,27,28)(H,25,26,29);10-12,14-16,32H,2-9H2,1H3,(H,28,29)(H,26,27,30);2-4,13,15-17,31H,5-12H2,1H3,(H,27,28)(H,25,26,29). The van der Waals surface area contributed by atoms with Gasteiger partial charge < -0.3 is 51.6 Å². The molecule has 6 aromatic heterocycles. The van der Waals surface area contributed by atoms with E-state index in [0.717, 1.165) is 111 Å². The Morgan fingerprint density at radius 2 is 0.908 bits per heavy atom. The van der Waals surface area contributed by atoms with Gasteiger partial charge in [0.05, 0.1) is 41.4 Å². The van der Waals surface area contributed by atoms with Crippen molar-refractivity contribution < 1.29 is 41.3 Å². The molecule has 5 fully saturated rings. The molecule has 0 bridgehead atoms. The first-order chi connectivity index (χ1) is 47.4. The summed E-state index contributed by atoms with van der Waals surface area (Å²) in [7, 11) is -3.24. The van der Waals surface area contributed by atoms with Crippen molar-refractivity contribution in [2.45, 2.75) is 171 Å². The highest BCUT2D eigenvalue weighted by Gasteiger charge is 2.31. The van der Waals surface area contributed by atoms with E-state index in [2.05, 4.69) is 74.0 Å². The van der Waals surface area contributed by atoms with Gasteiger partial charge in [-0.05, 0) is 176 Å². The number of aromatic nitrogens is 12. The van der Waals surface area contributed by atoms with E-state index in [9.17, 15) is 31.8 Å². The second-order valence-electron chi connectivity index (χ2n) is 26.2. The van der Waals surface area contributed by atoms with Crippen molar-refractivity contribution in [3.05, 3.63) is 132 Å². The first kappa shape index (κ1) is 67.5. The number of aliphatic hydroxyl groups is 2. The molecule has 8 N–H and O–H groups in total. The fourth-order valence-corrected chi connectivity index (χ4v) is 14.2. The summed E-state index contributed by atoms with van der Waals surface area (Å²) >= 11 is 0. The van der Waals surface area contributed by atoms with Crippen LogP contribution in [0.3, 0.4) is 0 Å². The van der Waals surface area contributed by atoms with Crippen LogP contribution in [0.5, 0.6) is 0 Å². The third-order valence-electron chi connectivity index (χ3n) is 19.0. The molecule has 15 rings (SSSR count). The van der Waals surface area contributed by atoms with Crippen molar-refractivity contribution >= 4 is 102 Å². The number of halogens is 3. The fraction of sp³-hybridized carbons (Fsp3) is 0.443. The Hall–Kier alpha value is -9.09. The van der Waals surface area contributed by atoms with E-state index >= 15 is 0 Å². The Morgan fingerprint density at radius 3 is 1.39 bits per heavy atom. The Balaban J connectivity index is 0.000000132. The van der Waals surface area contributed by atoms with Crippen molar-refractivity contribution in [2.75, 3.05) is 64.6 Å². The zero-order chi connectivity index (χ0) is 68.0. The van der Waals surface area contributed by atoms with Crippen molar-refractivity contribution in [1.29, 1.82) is 0 Å². The highest BCUT2D eigenvalue weighted by atomic mass is 32.2. The molecule has 24 nitrogen and oxygen atoms in total. The van der Waals surface area contributed by atoms with Gasteiger partial charge in [0.15, 0.2) is 26.8 Å². The minimum atomic E-state index is -3.24. The summed E-state index contributed by atoms with van der Waals surface area (Å²) in [6.45, 7) is 8.44. The van der Waals surface area contributed by atoms with E-state index < -0.39 is 21.5 Å². The van der Waals surface area contributed by atoms with Gasteiger partial charge in [0.25, 0.3) is 0 Å². The number of anilines is 10. The predicted octanol–water partition coefficient (Wildman–Crippen LogP) is 13.4. The van der Waals surface area contributed by atoms with E-state index in [0.29, 0.717) is 114 Å². The molecule has 8 heterocycles. The zero-order valence-electron chi connectivity index (χ0n) is 55.4. The molecule has 0 atom stereocenters. The lowest BCUT2D eigenvalue weighted by Gasteiger charge is -2.28. The van der Waals surface area contributed by atoms with Crippen molar-refractivity contribution in [2.24, 2.45) is 0 Å². The molecule has 0 amide bonds. The number of hydrogen-bond donors (Lipinski definition) is 8. The second kappa shape index (κ2) is 29.9. The molecule has 3 aliphatic carbocycles. The second-order valence-corrected chi connectivity index (χ2v) is 28.2. The molecule has 10 aromatic rings. The van der Waals surface area contributed by atoms with Crippen LogP contribution >= 0.6 is 0 Å². The van der Waals surface area contributed by atoms with E-state index in [4.69, 9.17) is 34.4 Å². The minimum absolute atomic E-state index is 0.0108. The number of aliphatic hydroxyl groups excluding tert-OH is 2. The lowest BCUT2D eigenvalue weighted by atomic mass is 9.93. The van der Waals surface area contributed by atoms with Gasteiger partial charge in [0.2, 0.25) is 35.7 Å². The molecule has 28 heteroatoms. The smallest absolute Gasteiger partial charge is 0.229 e. The third kappa shape index (κ3) is 15.7. The van der Waals surface area contributed by atoms with Crippen LogP contribution < -0.4 is 31.9 Å². The molecule has 0 radical (unpaired) electrons. The number of nitrogens with one attached hydrogen (secondary N) is 6. The van der Waals surface area contributed by atoms with Crippen molar-refractivity contribution in [3.63, 3.8) is 0 Å². The van der Waals surface area contributed by atoms with Gasteiger partial charge in [-0.1, -0.05) is 43.2 Å². The maximum absolute atomic E-state index is 14.6. The lowest BCUT2D eigenvalue weighted by molar-refractivity contribution is 0.0902. The monoisotopic (exact) mass is 1360 g/mol. The first-order valence-corrected chi connectivity index (χ1v) is 35.8. The van der Waals surface area contributed by atoms with Crippen LogP contribution in [-0.2, 0) is 19.3 Å². The van der Waals surface area contributed by atoms with Gasteiger partial charge in [-0.25, -0.2) is 51.5 Å². The van der Waals surface area contributed by atoms with Crippen molar-refractivity contribution in [1.82, 2.24) is 58.6 Å². The van der Waals surface area contributed by atoms with Gasteiger partial charge in [-0.15, -0.1) is 0 Å². The summed E-state index contributed by atoms with van der Waals surface area (Å²) in [5, 5.41) is 39.6. The van der Waals surface area contributed by atoms with Gasteiger partial charge in [0, 0.05) is 74.3 Å². The summed E-state index contributed by atoms with van der Waals surface area (Å²) in [4.78, 5) is 42.0. The van der Waals surface area contributed by atoms with Gasteiger partial charge in [-0.2, -0.15) is 15.0 Å². The Morgan fingerprint density at radius 1 is 0.469 bits per heavy atom. The van der Waals surface area contributed by atoms with Crippen LogP contribution in [0.1, 0.15) is 138 Å². The number of imidazole rings is 3. The maximum Gasteiger partial charge on any atom is 0.229 e. The molecule has 516 valence electrons. The Kier molecular flexibility index (Phi) is 20.6. The minimum Gasteiger partial charge on any atom is -0.393 e. The molecule has 2 aliphatic heterocycles. The van der Waals surface area contributed by atoms with Crippen LogP contribution in [0.15, 0.2) is 102 Å². The average molecular weight is 1360 g/mol. The molecule has 5 aliphatic rings. The maximum atomic E-state index is 14.6. The van der Waals surface area contributed by atoms with Crippen LogP contribution in [0, 0.1) is 38.2 Å². The van der Waals surface area contributed by atoms with Crippen LogP contribution in [-0.4, -0.2) is 134 Å². The van der Waals surface area contributed by atoms with Crippen LogP contribution in [0.4, 0.5) is 71.6 Å². The van der Waals surface area contributed by atoms with E-state index in [-0.39, 0.29) is 52.8 Å². The SMILES string of the molecule is Cc1cc(F)c(Nc2nc3cnc(NC4CCOCC4)nc3n2C2CCC(O)CC2)c(F)c1.Cc1cccc(F)c1Nc1nc2cnc(NC3CCOCC3)nc2n1C1CCC(O)CC1.Cc1ccccc1Nc1nc2cnc(Nc3ccc(S(C)(=O)=O)cc3)nc2n1C1CCCC1. The predicted molar refractivity (Wildman–Crippen MR) is 372 cm³/mol. The normalized spacial score (nSPS) is 19.6. The number of ether oxygens (including phenoxy) is 2. The quantitative estimate of drug-likeness (QED) is 0.0446. The third-order valence-corrected chi connectivity index (χ3v) is 20.1. The number of benzene rings is 4. The molecule has 98 heavy (non-hydrogen) atoms. The van der Waals surface area contributed by atoms with Gasteiger partial charge in [0.1, 0.15) is 39.7 Å². The number of fused-ring (bicyclic) bond motifs is 3. The molecule has 2 saturated heterocycles. The van der Waals surface area contributed by atoms with Gasteiger partial charge in [-0.3, -0.25) is 13.7 Å². The highest BCUT2D eigenvalue weighted by Crippen LogP contribution is 2.40. The zero-order valence-corrected chi connectivity index (χ0v) is 56.2. The summed E-state index contributed by atoms with van der Waals surface area (Å²) in [6.07, 6.45) is 19.6. The molecule has 4 aromatic carbocycles. The average Bonchev–Trinajstić information content (AvgIpc) is 1.66. The van der Waals surface area contributed by atoms with Crippen molar-refractivity contribution in [3.8, 4) is 0 Å². The first-order valence-electron chi connectivity index (χ1n) is 33.9. The number of sulfone groups is 1. The molecular weight excluding hydrogens is 1280 g/mol. The summed E-state index contributed by atoms with van der Waals surface area (Å²) < 4.78 is 84.2. The topological polar surface area (TPSA) is 296 Å². The number of nitrogens with zero attached hydrogens (tertiary/aromatic N) is 12. The molecule has 0 spiro atoms. The fourth-order valence-electron chi connectivity index (χ4n) is 13.6. The van der Waals surface area contributed by atoms with Crippen LogP contribution in [0.25, 0.3) is 33.5 Å². The summed E-state index contributed by atoms with van der Waals surface area (Å²) in [5.74, 6) is 1.44. The number of rotatable bonds is 16. The summed E-state index contributed by atoms with van der Waals surface area (Å²) in [6, 6.07) is 23.2. The lowest BCUT2D eigenvalue weighted by Crippen LogP contribution is -2.28.